The summed E-state index contributed by atoms with van der Waals surface area (Å²) in [5.74, 6) is -0.955. The first-order chi connectivity index (χ1) is 8.69. The summed E-state index contributed by atoms with van der Waals surface area (Å²) in [5.41, 5.74) is 31.8. The molecule has 0 saturated carbocycles. The molecule has 19 heavy (non-hydrogen) atoms. The standard InChI is InChI=1S/C12H22N6O/c1-6-4-12(16,17)19-5-8(6)9(11(15)18-3)10(14)7(2)13/h1,4-5,13-14,16-17H2,2-3H3,(H2,15,18)/b9-8+,10-7+. The Morgan fingerprint density at radius 1 is 1.32 bits per heavy atom. The zero-order valence-electron chi connectivity index (χ0n) is 11.4. The van der Waals surface area contributed by atoms with Crippen LogP contribution in [0.2, 0.25) is 0 Å². The van der Waals surface area contributed by atoms with E-state index in [1.165, 1.54) is 0 Å². The van der Waals surface area contributed by atoms with E-state index in [2.05, 4.69) is 11.6 Å². The molecule has 0 unspecified atom stereocenters. The highest BCUT2D eigenvalue weighted by atomic mass is 16.5. The summed E-state index contributed by atoms with van der Waals surface area (Å²) in [5, 5.41) is 0. The Morgan fingerprint density at radius 3 is 2.32 bits per heavy atom. The van der Waals surface area contributed by atoms with Gasteiger partial charge in [-0.05, 0) is 18.1 Å². The van der Waals surface area contributed by atoms with Gasteiger partial charge in [-0.1, -0.05) is 6.58 Å². The molecule has 0 amide bonds. The molecule has 1 aliphatic rings. The molecular weight excluding hydrogens is 244 g/mol. The molecule has 0 spiro atoms. The van der Waals surface area contributed by atoms with Gasteiger partial charge in [-0.3, -0.25) is 16.5 Å². The average Bonchev–Trinajstić information content (AvgIpc) is 2.30. The summed E-state index contributed by atoms with van der Waals surface area (Å²) in [6.07, 6.45) is 0.278. The van der Waals surface area contributed by atoms with Crippen LogP contribution in [0.25, 0.3) is 0 Å². The van der Waals surface area contributed by atoms with Crippen molar-refractivity contribution in [1.82, 2.24) is 0 Å². The van der Waals surface area contributed by atoms with Gasteiger partial charge in [0.2, 0.25) is 0 Å². The van der Waals surface area contributed by atoms with E-state index in [9.17, 15) is 0 Å². The zero-order chi connectivity index (χ0) is 14.8. The molecule has 0 aromatic rings. The highest BCUT2D eigenvalue weighted by Gasteiger charge is 2.31. The van der Waals surface area contributed by atoms with Crippen molar-refractivity contribution in [1.29, 1.82) is 0 Å². The number of ether oxygens (including phenoxy) is 1. The second kappa shape index (κ2) is 5.43. The molecule has 0 radical (unpaired) electrons. The van der Waals surface area contributed by atoms with E-state index in [1.807, 2.05) is 0 Å². The molecule has 7 heteroatoms. The highest BCUT2D eigenvalue weighted by Crippen LogP contribution is 2.29. The molecule has 1 saturated heterocycles. The number of hydrogen-bond acceptors (Lipinski definition) is 6. The van der Waals surface area contributed by atoms with Crippen LogP contribution in [0, 0.1) is 0 Å². The van der Waals surface area contributed by atoms with Crippen LogP contribution in [-0.2, 0) is 4.74 Å². The Balaban J connectivity index is 3.36. The molecule has 106 valence electrons. The van der Waals surface area contributed by atoms with Crippen molar-refractivity contribution in [2.24, 2.45) is 33.7 Å². The van der Waals surface area contributed by atoms with Gasteiger partial charge >= 0.3 is 0 Å². The second-order valence-electron chi connectivity index (χ2n) is 4.58. The number of amidine groups is 1. The Hall–Kier alpha value is -1.83. The van der Waals surface area contributed by atoms with E-state index in [1.54, 1.807) is 14.0 Å². The SMILES string of the molecule is C=C1CC(N)(N)OC/C1=C(C(N)=NC)/C(N)=C(/C)N. The van der Waals surface area contributed by atoms with Crippen molar-refractivity contribution in [3.8, 4) is 0 Å². The third kappa shape index (κ3) is 3.34. The summed E-state index contributed by atoms with van der Waals surface area (Å²) in [7, 11) is 1.57. The fourth-order valence-electron chi connectivity index (χ4n) is 1.81. The van der Waals surface area contributed by atoms with Gasteiger partial charge in [0.15, 0.2) is 5.85 Å². The third-order valence-corrected chi connectivity index (χ3v) is 2.89. The van der Waals surface area contributed by atoms with Crippen LogP contribution in [-0.4, -0.2) is 25.3 Å². The van der Waals surface area contributed by atoms with E-state index in [0.29, 0.717) is 22.5 Å². The maximum atomic E-state index is 5.97. The van der Waals surface area contributed by atoms with Crippen molar-refractivity contribution in [2.75, 3.05) is 13.7 Å². The molecule has 0 bridgehead atoms. The number of hydrogen-bond donors (Lipinski definition) is 5. The summed E-state index contributed by atoms with van der Waals surface area (Å²) >= 11 is 0. The van der Waals surface area contributed by atoms with Crippen molar-refractivity contribution in [3.63, 3.8) is 0 Å². The molecule has 0 aliphatic carbocycles. The lowest BCUT2D eigenvalue weighted by atomic mass is 9.92. The molecule has 0 aromatic heterocycles. The van der Waals surface area contributed by atoms with Gasteiger partial charge in [0.05, 0.1) is 12.3 Å². The Bertz CT molecular complexity index is 482. The minimum atomic E-state index is -1.22. The van der Waals surface area contributed by atoms with Gasteiger partial charge in [0.25, 0.3) is 0 Å². The van der Waals surface area contributed by atoms with Gasteiger partial charge in [-0.25, -0.2) is 0 Å². The number of rotatable bonds is 2. The van der Waals surface area contributed by atoms with Crippen molar-refractivity contribution in [2.45, 2.75) is 19.2 Å². The van der Waals surface area contributed by atoms with Crippen molar-refractivity contribution >= 4 is 5.84 Å². The molecule has 0 atom stereocenters. The Labute approximate surface area is 112 Å². The fraction of sp³-hybridized carbons (Fsp3) is 0.417. The van der Waals surface area contributed by atoms with Gasteiger partial charge < -0.3 is 21.9 Å². The lowest BCUT2D eigenvalue weighted by Crippen LogP contribution is -2.54. The zero-order valence-corrected chi connectivity index (χ0v) is 11.4. The van der Waals surface area contributed by atoms with E-state index in [4.69, 9.17) is 33.4 Å². The topological polar surface area (TPSA) is 152 Å². The van der Waals surface area contributed by atoms with E-state index in [0.717, 1.165) is 5.57 Å². The largest absolute Gasteiger partial charge is 0.401 e. The lowest BCUT2D eigenvalue weighted by molar-refractivity contribution is -0.0356. The normalized spacial score (nSPS) is 24.0. The van der Waals surface area contributed by atoms with Crippen LogP contribution in [0.15, 0.2) is 39.7 Å². The smallest absolute Gasteiger partial charge is 0.174 e. The average molecular weight is 266 g/mol. The summed E-state index contributed by atoms with van der Waals surface area (Å²) in [6, 6.07) is 0. The highest BCUT2D eigenvalue weighted by molar-refractivity contribution is 6.02. The first-order valence-electron chi connectivity index (χ1n) is 5.77. The molecule has 1 heterocycles. The van der Waals surface area contributed by atoms with E-state index < -0.39 is 5.85 Å². The van der Waals surface area contributed by atoms with Crippen LogP contribution in [0.3, 0.4) is 0 Å². The van der Waals surface area contributed by atoms with Crippen LogP contribution < -0.4 is 28.7 Å². The maximum Gasteiger partial charge on any atom is 0.174 e. The van der Waals surface area contributed by atoms with Crippen LogP contribution in [0.5, 0.6) is 0 Å². The van der Waals surface area contributed by atoms with Crippen LogP contribution in [0.1, 0.15) is 13.3 Å². The first-order valence-corrected chi connectivity index (χ1v) is 5.77. The number of nitrogens with zero attached hydrogens (tertiary/aromatic N) is 1. The Morgan fingerprint density at radius 2 is 1.89 bits per heavy atom. The summed E-state index contributed by atoms with van der Waals surface area (Å²) in [6.45, 7) is 5.78. The molecule has 0 aromatic carbocycles. The van der Waals surface area contributed by atoms with E-state index in [-0.39, 0.29) is 18.9 Å². The van der Waals surface area contributed by atoms with Gasteiger partial charge in [0.1, 0.15) is 5.84 Å². The monoisotopic (exact) mass is 266 g/mol. The maximum absolute atomic E-state index is 5.97. The third-order valence-electron chi connectivity index (χ3n) is 2.89. The molecule has 10 N–H and O–H groups in total. The summed E-state index contributed by atoms with van der Waals surface area (Å²) < 4.78 is 5.36. The minimum Gasteiger partial charge on any atom is -0.401 e. The number of nitrogens with two attached hydrogens (primary N) is 5. The van der Waals surface area contributed by atoms with Gasteiger partial charge in [0, 0.05) is 24.7 Å². The number of allylic oxidation sites excluding steroid dienone is 1. The lowest BCUT2D eigenvalue weighted by Gasteiger charge is -2.33. The Kier molecular flexibility index (Phi) is 4.35. The molecular formula is C12H22N6O. The molecule has 1 rings (SSSR count). The van der Waals surface area contributed by atoms with Crippen LogP contribution >= 0.6 is 0 Å². The van der Waals surface area contributed by atoms with E-state index >= 15 is 0 Å². The minimum absolute atomic E-state index is 0.158. The molecule has 1 fully saturated rings. The second-order valence-corrected chi connectivity index (χ2v) is 4.58. The van der Waals surface area contributed by atoms with Crippen molar-refractivity contribution < 1.29 is 4.74 Å². The quantitative estimate of drug-likeness (QED) is 0.245. The predicted molar refractivity (Wildman–Crippen MR) is 76.5 cm³/mol. The van der Waals surface area contributed by atoms with Crippen LogP contribution in [0.4, 0.5) is 0 Å². The first kappa shape index (κ1) is 15.2. The van der Waals surface area contributed by atoms with Crippen molar-refractivity contribution in [3.05, 3.63) is 34.7 Å². The van der Waals surface area contributed by atoms with Gasteiger partial charge in [-0.15, -0.1) is 0 Å². The van der Waals surface area contributed by atoms with Gasteiger partial charge in [-0.2, -0.15) is 0 Å². The molecule has 1 aliphatic heterocycles. The predicted octanol–water partition coefficient (Wildman–Crippen LogP) is -1.03. The molecule has 7 nitrogen and oxygen atoms in total. The number of aliphatic imine (C=N–C) groups is 1. The summed E-state index contributed by atoms with van der Waals surface area (Å²) in [4.78, 5) is 3.95. The fourth-order valence-corrected chi connectivity index (χ4v) is 1.81.